The van der Waals surface area contributed by atoms with Crippen molar-refractivity contribution < 1.29 is 4.79 Å². The molecule has 3 aromatic rings. The van der Waals surface area contributed by atoms with Crippen molar-refractivity contribution in [1.82, 2.24) is 9.55 Å². The van der Waals surface area contributed by atoms with Crippen LogP contribution in [-0.2, 0) is 24.8 Å². The Labute approximate surface area is 173 Å². The molecule has 0 radical (unpaired) electrons. The molecule has 150 valence electrons. The molecule has 0 saturated heterocycles. The Balaban J connectivity index is 1.62. The summed E-state index contributed by atoms with van der Waals surface area (Å²) in [7, 11) is 1.97. The van der Waals surface area contributed by atoms with Gasteiger partial charge in [0.25, 0.3) is 0 Å². The number of fused-ring (bicyclic) bond motifs is 1. The van der Waals surface area contributed by atoms with Crippen LogP contribution in [-0.4, -0.2) is 15.5 Å². The third-order valence-electron chi connectivity index (χ3n) is 6.19. The molecule has 0 fully saturated rings. The average Bonchev–Trinajstić information content (AvgIpc) is 3.31. The van der Waals surface area contributed by atoms with Crippen LogP contribution in [0.3, 0.4) is 0 Å². The van der Waals surface area contributed by atoms with Gasteiger partial charge in [-0.25, -0.2) is 4.98 Å². The highest BCUT2D eigenvalue weighted by Crippen LogP contribution is 2.36. The van der Waals surface area contributed by atoms with Gasteiger partial charge < -0.3 is 9.47 Å². The number of nitrogens with zero attached hydrogens (tertiary/aromatic N) is 3. The van der Waals surface area contributed by atoms with Crippen LogP contribution in [0, 0.1) is 0 Å². The average molecular weight is 388 g/mol. The fourth-order valence-electron chi connectivity index (χ4n) is 4.25. The standard InChI is InChI=1S/C25H29N3O/c1-18-9-10-21-11-12-22(16-23(18)21)28(17-24-26-13-14-27(24)3)25(29)15-19(2)20-7-5-4-6-8-20/h4-8,11-14,16,18-19H,9-10,15,17H2,1-3H3/t18-,19+/m1/s1. The molecule has 4 heteroatoms. The number of amides is 1. The smallest absolute Gasteiger partial charge is 0.228 e. The number of carbonyl (C=O) groups excluding carboxylic acids is 1. The van der Waals surface area contributed by atoms with Crippen LogP contribution in [0.2, 0.25) is 0 Å². The van der Waals surface area contributed by atoms with E-state index in [2.05, 4.69) is 49.2 Å². The minimum absolute atomic E-state index is 0.134. The summed E-state index contributed by atoms with van der Waals surface area (Å²) in [5.74, 6) is 1.74. The monoisotopic (exact) mass is 387 g/mol. The predicted molar refractivity (Wildman–Crippen MR) is 117 cm³/mol. The molecule has 0 spiro atoms. The zero-order chi connectivity index (χ0) is 20.4. The van der Waals surface area contributed by atoms with E-state index in [0.717, 1.165) is 17.9 Å². The lowest BCUT2D eigenvalue weighted by Crippen LogP contribution is -2.32. The van der Waals surface area contributed by atoms with Crippen LogP contribution in [0.4, 0.5) is 5.69 Å². The molecule has 0 unspecified atom stereocenters. The fourth-order valence-corrected chi connectivity index (χ4v) is 4.25. The van der Waals surface area contributed by atoms with Crippen LogP contribution in [0.15, 0.2) is 60.9 Å². The summed E-state index contributed by atoms with van der Waals surface area (Å²) >= 11 is 0. The first-order valence-electron chi connectivity index (χ1n) is 10.5. The summed E-state index contributed by atoms with van der Waals surface area (Å²) in [6.07, 6.45) is 6.51. The van der Waals surface area contributed by atoms with Crippen LogP contribution in [0.5, 0.6) is 0 Å². The summed E-state index contributed by atoms with van der Waals surface area (Å²) < 4.78 is 1.98. The molecule has 1 aliphatic rings. The van der Waals surface area contributed by atoms with Crippen molar-refractivity contribution in [3.63, 3.8) is 0 Å². The van der Waals surface area contributed by atoms with Gasteiger partial charge in [0.1, 0.15) is 5.82 Å². The van der Waals surface area contributed by atoms with Crippen LogP contribution < -0.4 is 4.90 Å². The Morgan fingerprint density at radius 2 is 2.03 bits per heavy atom. The first-order chi connectivity index (χ1) is 14.0. The lowest BCUT2D eigenvalue weighted by molar-refractivity contribution is -0.119. The van der Waals surface area contributed by atoms with Gasteiger partial charge in [-0.15, -0.1) is 0 Å². The number of rotatable bonds is 6. The number of imidazole rings is 1. The lowest BCUT2D eigenvalue weighted by Gasteiger charge is -2.25. The molecular formula is C25H29N3O. The van der Waals surface area contributed by atoms with Gasteiger partial charge >= 0.3 is 0 Å². The van der Waals surface area contributed by atoms with Crippen molar-refractivity contribution in [2.75, 3.05) is 4.90 Å². The summed E-state index contributed by atoms with van der Waals surface area (Å²) in [5, 5.41) is 0. The highest BCUT2D eigenvalue weighted by Gasteiger charge is 2.24. The summed E-state index contributed by atoms with van der Waals surface area (Å²) in [5.41, 5.74) is 4.98. The Bertz CT molecular complexity index is 992. The van der Waals surface area contributed by atoms with E-state index < -0.39 is 0 Å². The van der Waals surface area contributed by atoms with E-state index in [1.54, 1.807) is 6.20 Å². The second kappa shape index (κ2) is 8.24. The Morgan fingerprint density at radius 3 is 2.76 bits per heavy atom. The van der Waals surface area contributed by atoms with Crippen LogP contribution in [0.1, 0.15) is 61.0 Å². The largest absolute Gasteiger partial charge is 0.337 e. The zero-order valence-electron chi connectivity index (χ0n) is 17.5. The molecule has 4 nitrogen and oxygen atoms in total. The molecular weight excluding hydrogens is 358 g/mol. The zero-order valence-corrected chi connectivity index (χ0v) is 17.5. The van der Waals surface area contributed by atoms with Crippen molar-refractivity contribution in [2.45, 2.75) is 51.5 Å². The van der Waals surface area contributed by atoms with E-state index in [4.69, 9.17) is 0 Å². The minimum Gasteiger partial charge on any atom is -0.337 e. The molecule has 29 heavy (non-hydrogen) atoms. The van der Waals surface area contributed by atoms with E-state index in [9.17, 15) is 4.79 Å². The first-order valence-corrected chi connectivity index (χ1v) is 10.5. The normalized spacial score (nSPS) is 16.4. The highest BCUT2D eigenvalue weighted by molar-refractivity contribution is 5.93. The quantitative estimate of drug-likeness (QED) is 0.583. The molecule has 0 aliphatic heterocycles. The molecule has 0 N–H and O–H groups in total. The Kier molecular flexibility index (Phi) is 5.52. The lowest BCUT2D eigenvalue weighted by atomic mass is 9.97. The molecule has 1 amide bonds. The summed E-state index contributed by atoms with van der Waals surface area (Å²) in [4.78, 5) is 19.8. The fraction of sp³-hybridized carbons (Fsp3) is 0.360. The number of aryl methyl sites for hydroxylation is 2. The minimum atomic E-state index is 0.134. The SMILES string of the molecule is C[C@@H]1CCc2ccc(N(Cc3nccn3C)C(=O)C[C@H](C)c3ccccc3)cc21. The van der Waals surface area contributed by atoms with Crippen molar-refractivity contribution in [2.24, 2.45) is 7.05 Å². The predicted octanol–water partition coefficient (Wildman–Crippen LogP) is 5.20. The topological polar surface area (TPSA) is 38.1 Å². The van der Waals surface area contributed by atoms with Gasteiger partial charge in [-0.1, -0.05) is 50.2 Å². The molecule has 0 saturated carbocycles. The van der Waals surface area contributed by atoms with Crippen molar-refractivity contribution >= 4 is 11.6 Å². The van der Waals surface area contributed by atoms with Crippen molar-refractivity contribution in [1.29, 1.82) is 0 Å². The maximum atomic E-state index is 13.4. The van der Waals surface area contributed by atoms with E-state index in [1.807, 2.05) is 40.9 Å². The summed E-state index contributed by atoms with van der Waals surface area (Å²) in [6.45, 7) is 4.88. The number of hydrogen-bond donors (Lipinski definition) is 0. The van der Waals surface area contributed by atoms with Gasteiger partial charge in [-0.05, 0) is 53.5 Å². The highest BCUT2D eigenvalue weighted by atomic mass is 16.2. The molecule has 1 heterocycles. The van der Waals surface area contributed by atoms with Crippen molar-refractivity contribution in [3.05, 3.63) is 83.4 Å². The Hall–Kier alpha value is -2.88. The number of carbonyl (C=O) groups is 1. The van der Waals surface area contributed by atoms with E-state index >= 15 is 0 Å². The molecule has 2 aromatic carbocycles. The molecule has 0 bridgehead atoms. The van der Waals surface area contributed by atoms with Gasteiger partial charge in [-0.2, -0.15) is 0 Å². The van der Waals surface area contributed by atoms with Crippen LogP contribution in [0.25, 0.3) is 0 Å². The third-order valence-corrected chi connectivity index (χ3v) is 6.19. The van der Waals surface area contributed by atoms with Gasteiger partial charge in [0, 0.05) is 31.5 Å². The summed E-state index contributed by atoms with van der Waals surface area (Å²) in [6, 6.07) is 16.8. The number of benzene rings is 2. The van der Waals surface area contributed by atoms with Gasteiger partial charge in [0.15, 0.2) is 0 Å². The first kappa shape index (κ1) is 19.4. The van der Waals surface area contributed by atoms with E-state index in [1.165, 1.54) is 23.1 Å². The number of hydrogen-bond acceptors (Lipinski definition) is 2. The maximum Gasteiger partial charge on any atom is 0.228 e. The second-order valence-corrected chi connectivity index (χ2v) is 8.27. The van der Waals surface area contributed by atoms with Crippen LogP contribution >= 0.6 is 0 Å². The maximum absolute atomic E-state index is 13.4. The number of aromatic nitrogens is 2. The number of anilines is 1. The van der Waals surface area contributed by atoms with E-state index in [0.29, 0.717) is 18.9 Å². The second-order valence-electron chi connectivity index (χ2n) is 8.27. The Morgan fingerprint density at radius 1 is 1.24 bits per heavy atom. The third kappa shape index (κ3) is 4.12. The van der Waals surface area contributed by atoms with Gasteiger partial charge in [0.2, 0.25) is 5.91 Å². The molecule has 4 rings (SSSR count). The molecule has 1 aromatic heterocycles. The van der Waals surface area contributed by atoms with Gasteiger partial charge in [0.05, 0.1) is 6.54 Å². The van der Waals surface area contributed by atoms with Gasteiger partial charge in [-0.3, -0.25) is 4.79 Å². The molecule has 1 aliphatic carbocycles. The van der Waals surface area contributed by atoms with E-state index in [-0.39, 0.29) is 11.8 Å². The van der Waals surface area contributed by atoms with Crippen molar-refractivity contribution in [3.8, 4) is 0 Å². The molecule has 2 atom stereocenters.